The van der Waals surface area contributed by atoms with Crippen molar-refractivity contribution >= 4 is 11.7 Å². The van der Waals surface area contributed by atoms with Crippen LogP contribution in [-0.4, -0.2) is 36.1 Å². The van der Waals surface area contributed by atoms with Crippen LogP contribution in [0, 0.1) is 12.3 Å². The number of hydrogen-bond donors (Lipinski definition) is 1. The van der Waals surface area contributed by atoms with E-state index in [0.29, 0.717) is 38.9 Å². The van der Waals surface area contributed by atoms with Crippen LogP contribution in [0.1, 0.15) is 36.8 Å². The van der Waals surface area contributed by atoms with Gasteiger partial charge in [0, 0.05) is 31.6 Å². The molecule has 5 nitrogen and oxygen atoms in total. The minimum Gasteiger partial charge on any atom is -0.481 e. The normalized spacial score (nSPS) is 23.7. The molecule has 1 saturated heterocycles. The molecule has 0 spiro atoms. The second-order valence-corrected chi connectivity index (χ2v) is 6.19. The minimum atomic E-state index is -0.747. The molecule has 1 unspecified atom stereocenters. The third-order valence-electron chi connectivity index (χ3n) is 4.71. The average Bonchev–Trinajstić information content (AvgIpc) is 2.96. The van der Waals surface area contributed by atoms with Gasteiger partial charge in [-0.15, -0.1) is 0 Å². The summed E-state index contributed by atoms with van der Waals surface area (Å²) in [5.74, 6) is -0.747. The lowest BCUT2D eigenvalue weighted by atomic mass is 9.75. The standard InChI is InChI=1S/C17H21NO4/c1-12-4-2-3-5-14(12)15-10-13(22-18-15)11-17(16(19)20)6-8-21-9-7-17/h2-5,13H,6-11H2,1H3,(H,19,20). The predicted molar refractivity (Wildman–Crippen MR) is 81.9 cm³/mol. The molecule has 1 N–H and O–H groups in total. The highest BCUT2D eigenvalue weighted by Crippen LogP contribution is 2.38. The number of oxime groups is 1. The van der Waals surface area contributed by atoms with Gasteiger partial charge in [-0.2, -0.15) is 0 Å². The van der Waals surface area contributed by atoms with Crippen molar-refractivity contribution < 1.29 is 19.5 Å². The fourth-order valence-electron chi connectivity index (χ4n) is 3.30. The lowest BCUT2D eigenvalue weighted by Gasteiger charge is -2.34. The summed E-state index contributed by atoms with van der Waals surface area (Å²) < 4.78 is 5.31. The number of aryl methyl sites for hydroxylation is 1. The summed E-state index contributed by atoms with van der Waals surface area (Å²) in [7, 11) is 0. The first kappa shape index (κ1) is 15.0. The lowest BCUT2D eigenvalue weighted by Crippen LogP contribution is -2.40. The van der Waals surface area contributed by atoms with Gasteiger partial charge in [0.15, 0.2) is 0 Å². The van der Waals surface area contributed by atoms with Crippen LogP contribution in [0.3, 0.4) is 0 Å². The smallest absolute Gasteiger partial charge is 0.309 e. The zero-order valence-corrected chi connectivity index (χ0v) is 12.7. The highest BCUT2D eigenvalue weighted by Gasteiger charge is 2.43. The Morgan fingerprint density at radius 3 is 2.77 bits per heavy atom. The molecule has 1 aromatic carbocycles. The molecule has 0 saturated carbocycles. The molecular formula is C17H21NO4. The number of carboxylic acids is 1. The van der Waals surface area contributed by atoms with Gasteiger partial charge in [0.25, 0.3) is 0 Å². The van der Waals surface area contributed by atoms with Crippen LogP contribution in [0.2, 0.25) is 0 Å². The maximum absolute atomic E-state index is 11.7. The Kier molecular flexibility index (Phi) is 4.16. The summed E-state index contributed by atoms with van der Waals surface area (Å²) in [6.45, 7) is 3.05. The van der Waals surface area contributed by atoms with Gasteiger partial charge in [-0.1, -0.05) is 29.4 Å². The van der Waals surface area contributed by atoms with Crippen LogP contribution in [0.5, 0.6) is 0 Å². The molecule has 1 atom stereocenters. The topological polar surface area (TPSA) is 68.1 Å². The SMILES string of the molecule is Cc1ccccc1C1=NOC(CC2(C(=O)O)CCOCC2)C1. The maximum Gasteiger partial charge on any atom is 0.309 e. The number of ether oxygens (including phenoxy) is 1. The molecule has 0 bridgehead atoms. The zero-order chi connectivity index (χ0) is 15.6. The molecule has 2 aliphatic rings. The van der Waals surface area contributed by atoms with E-state index in [4.69, 9.17) is 9.57 Å². The Morgan fingerprint density at radius 1 is 1.36 bits per heavy atom. The molecule has 0 radical (unpaired) electrons. The summed E-state index contributed by atoms with van der Waals surface area (Å²) in [6.07, 6.45) is 2.08. The van der Waals surface area contributed by atoms with Gasteiger partial charge >= 0.3 is 5.97 Å². The van der Waals surface area contributed by atoms with Gasteiger partial charge in [0.05, 0.1) is 11.1 Å². The van der Waals surface area contributed by atoms with Gasteiger partial charge in [-0.3, -0.25) is 4.79 Å². The Bertz CT molecular complexity index is 590. The highest BCUT2D eigenvalue weighted by molar-refractivity contribution is 6.02. The van der Waals surface area contributed by atoms with Crippen molar-refractivity contribution in [2.45, 2.75) is 38.7 Å². The summed E-state index contributed by atoms with van der Waals surface area (Å²) in [6, 6.07) is 8.05. The summed E-state index contributed by atoms with van der Waals surface area (Å²) >= 11 is 0. The third-order valence-corrected chi connectivity index (χ3v) is 4.71. The van der Waals surface area contributed by atoms with Crippen molar-refractivity contribution in [3.63, 3.8) is 0 Å². The van der Waals surface area contributed by atoms with Gasteiger partial charge in [-0.05, 0) is 25.3 Å². The quantitative estimate of drug-likeness (QED) is 0.928. The molecule has 0 aromatic heterocycles. The molecule has 1 aromatic rings. The van der Waals surface area contributed by atoms with E-state index in [2.05, 4.69) is 5.16 Å². The van der Waals surface area contributed by atoms with Crippen molar-refractivity contribution in [2.24, 2.45) is 10.6 Å². The second-order valence-electron chi connectivity index (χ2n) is 6.19. The van der Waals surface area contributed by atoms with Crippen molar-refractivity contribution in [3.05, 3.63) is 35.4 Å². The molecular weight excluding hydrogens is 282 g/mol. The fraction of sp³-hybridized carbons (Fsp3) is 0.529. The van der Waals surface area contributed by atoms with E-state index in [1.54, 1.807) is 0 Å². The van der Waals surface area contributed by atoms with E-state index in [1.165, 1.54) is 0 Å². The van der Waals surface area contributed by atoms with Gasteiger partial charge in [0.2, 0.25) is 0 Å². The van der Waals surface area contributed by atoms with E-state index in [0.717, 1.165) is 16.8 Å². The first-order valence-electron chi connectivity index (χ1n) is 7.71. The second kappa shape index (κ2) is 6.08. The number of hydrogen-bond acceptors (Lipinski definition) is 4. The van der Waals surface area contributed by atoms with E-state index < -0.39 is 11.4 Å². The molecule has 5 heteroatoms. The van der Waals surface area contributed by atoms with E-state index in [9.17, 15) is 9.90 Å². The van der Waals surface area contributed by atoms with Crippen LogP contribution in [0.4, 0.5) is 0 Å². The molecule has 3 rings (SSSR count). The van der Waals surface area contributed by atoms with Crippen LogP contribution in [0.15, 0.2) is 29.4 Å². The fourth-order valence-corrected chi connectivity index (χ4v) is 3.30. The Morgan fingerprint density at radius 2 is 2.09 bits per heavy atom. The van der Waals surface area contributed by atoms with E-state index >= 15 is 0 Å². The van der Waals surface area contributed by atoms with Crippen LogP contribution < -0.4 is 0 Å². The number of benzene rings is 1. The minimum absolute atomic E-state index is 0.163. The highest BCUT2D eigenvalue weighted by atomic mass is 16.6. The summed E-state index contributed by atoms with van der Waals surface area (Å²) in [4.78, 5) is 17.3. The number of carboxylic acid groups (broad SMARTS) is 1. The van der Waals surface area contributed by atoms with Crippen LogP contribution in [-0.2, 0) is 14.4 Å². The predicted octanol–water partition coefficient (Wildman–Crippen LogP) is 2.76. The number of carbonyl (C=O) groups is 1. The Hall–Kier alpha value is -1.88. The average molecular weight is 303 g/mol. The summed E-state index contributed by atoms with van der Waals surface area (Å²) in [5.41, 5.74) is 2.42. The Balaban J connectivity index is 1.69. The first-order chi connectivity index (χ1) is 10.6. The zero-order valence-electron chi connectivity index (χ0n) is 12.7. The largest absolute Gasteiger partial charge is 0.481 e. The molecule has 22 heavy (non-hydrogen) atoms. The molecule has 2 aliphatic heterocycles. The molecule has 1 fully saturated rings. The van der Waals surface area contributed by atoms with Crippen molar-refractivity contribution in [2.75, 3.05) is 13.2 Å². The molecule has 118 valence electrons. The molecule has 2 heterocycles. The first-order valence-corrected chi connectivity index (χ1v) is 7.71. The van der Waals surface area contributed by atoms with Gasteiger partial charge < -0.3 is 14.7 Å². The number of rotatable bonds is 4. The van der Waals surface area contributed by atoms with Crippen molar-refractivity contribution in [3.8, 4) is 0 Å². The maximum atomic E-state index is 11.7. The molecule has 0 aliphatic carbocycles. The van der Waals surface area contributed by atoms with Gasteiger partial charge in [-0.25, -0.2) is 0 Å². The van der Waals surface area contributed by atoms with Crippen LogP contribution in [0.25, 0.3) is 0 Å². The van der Waals surface area contributed by atoms with Gasteiger partial charge in [0.1, 0.15) is 6.10 Å². The third kappa shape index (κ3) is 2.86. The van der Waals surface area contributed by atoms with Crippen molar-refractivity contribution in [1.29, 1.82) is 0 Å². The van der Waals surface area contributed by atoms with E-state index in [1.807, 2.05) is 31.2 Å². The lowest BCUT2D eigenvalue weighted by molar-refractivity contribution is -0.158. The van der Waals surface area contributed by atoms with E-state index in [-0.39, 0.29) is 6.10 Å². The van der Waals surface area contributed by atoms with Crippen molar-refractivity contribution in [1.82, 2.24) is 0 Å². The number of aliphatic carboxylic acids is 1. The van der Waals surface area contributed by atoms with Crippen LogP contribution >= 0.6 is 0 Å². The monoisotopic (exact) mass is 303 g/mol. The Labute approximate surface area is 129 Å². The number of nitrogens with zero attached hydrogens (tertiary/aromatic N) is 1. The molecule has 0 amide bonds. The summed E-state index contributed by atoms with van der Waals surface area (Å²) in [5, 5.41) is 13.8.